The largest absolute Gasteiger partial charge is 0.490 e. The lowest BCUT2D eigenvalue weighted by Gasteiger charge is -2.05. The number of benzene rings is 1. The van der Waals surface area contributed by atoms with Crippen molar-refractivity contribution in [2.24, 2.45) is 0 Å². The summed E-state index contributed by atoms with van der Waals surface area (Å²) in [6.45, 7) is 1.12. The first-order valence-corrected chi connectivity index (χ1v) is 4.31. The van der Waals surface area contributed by atoms with Crippen LogP contribution < -0.4 is 9.47 Å². The maximum Gasteiger partial charge on any atom is 0.273 e. The number of fused-ring (bicyclic) bond motifs is 1. The van der Waals surface area contributed by atoms with Crippen LogP contribution in [0.1, 0.15) is 6.42 Å². The van der Waals surface area contributed by atoms with E-state index >= 15 is 0 Å². The molecule has 0 atom stereocenters. The summed E-state index contributed by atoms with van der Waals surface area (Å²) in [6.07, 6.45) is 0.794. The Labute approximate surface area is 80.4 Å². The zero-order chi connectivity index (χ0) is 9.97. The molecule has 0 aliphatic carbocycles. The van der Waals surface area contributed by atoms with Crippen molar-refractivity contribution in [2.75, 3.05) is 13.2 Å². The van der Waals surface area contributed by atoms with Gasteiger partial charge in [-0.2, -0.15) is 0 Å². The minimum absolute atomic E-state index is 0.0225. The molecule has 0 fully saturated rings. The fourth-order valence-electron chi connectivity index (χ4n) is 1.27. The van der Waals surface area contributed by atoms with Gasteiger partial charge < -0.3 is 9.47 Å². The molecule has 0 saturated carbocycles. The van der Waals surface area contributed by atoms with Crippen molar-refractivity contribution in [1.29, 1.82) is 0 Å². The van der Waals surface area contributed by atoms with Crippen molar-refractivity contribution in [3.05, 3.63) is 28.3 Å². The van der Waals surface area contributed by atoms with Crippen LogP contribution in [0.4, 0.5) is 5.69 Å². The average Bonchev–Trinajstić information content (AvgIpc) is 2.41. The topological polar surface area (TPSA) is 61.6 Å². The Kier molecular flexibility index (Phi) is 2.22. The third-order valence-corrected chi connectivity index (χ3v) is 1.94. The van der Waals surface area contributed by atoms with Gasteiger partial charge in [-0.1, -0.05) is 0 Å². The van der Waals surface area contributed by atoms with Crippen LogP contribution in [0.5, 0.6) is 11.5 Å². The Morgan fingerprint density at radius 1 is 1.21 bits per heavy atom. The zero-order valence-electron chi connectivity index (χ0n) is 7.43. The highest BCUT2D eigenvalue weighted by molar-refractivity contribution is 5.48. The number of hydrogen-bond acceptors (Lipinski definition) is 4. The standard InChI is InChI=1S/C9H9NO4/c11-10(12)7-2-3-8-9(6-7)14-5-1-4-13-8/h2-3,6H,1,4-5H2. The number of rotatable bonds is 1. The van der Waals surface area contributed by atoms with Gasteiger partial charge in [0.25, 0.3) is 5.69 Å². The Bertz CT molecular complexity index is 364. The maximum atomic E-state index is 10.5. The number of ether oxygens (including phenoxy) is 2. The van der Waals surface area contributed by atoms with E-state index in [1.165, 1.54) is 12.1 Å². The van der Waals surface area contributed by atoms with Gasteiger partial charge in [0.2, 0.25) is 0 Å². The van der Waals surface area contributed by atoms with Crippen LogP contribution >= 0.6 is 0 Å². The Hall–Kier alpha value is -1.78. The van der Waals surface area contributed by atoms with Crippen LogP contribution in [0.2, 0.25) is 0 Å². The molecule has 1 aliphatic rings. The van der Waals surface area contributed by atoms with Crippen LogP contribution in [0.15, 0.2) is 18.2 Å². The van der Waals surface area contributed by atoms with Crippen molar-refractivity contribution in [3.63, 3.8) is 0 Å². The molecule has 14 heavy (non-hydrogen) atoms. The number of non-ortho nitro benzene ring substituents is 1. The van der Waals surface area contributed by atoms with E-state index in [1.807, 2.05) is 0 Å². The van der Waals surface area contributed by atoms with E-state index in [0.717, 1.165) is 6.42 Å². The van der Waals surface area contributed by atoms with E-state index in [-0.39, 0.29) is 5.69 Å². The Balaban J connectivity index is 2.37. The molecule has 1 aromatic carbocycles. The van der Waals surface area contributed by atoms with Crippen LogP contribution in [0.25, 0.3) is 0 Å². The van der Waals surface area contributed by atoms with Crippen LogP contribution in [-0.2, 0) is 0 Å². The molecule has 0 bridgehead atoms. The summed E-state index contributed by atoms with van der Waals surface area (Å²) in [6, 6.07) is 4.37. The molecule has 0 radical (unpaired) electrons. The van der Waals surface area contributed by atoms with Gasteiger partial charge in [0.15, 0.2) is 11.5 Å². The summed E-state index contributed by atoms with van der Waals surface area (Å²) in [5.74, 6) is 1.03. The molecular formula is C9H9NO4. The highest BCUT2D eigenvalue weighted by Crippen LogP contribution is 2.32. The molecule has 0 saturated heterocycles. The molecule has 74 valence electrons. The normalized spacial score (nSPS) is 14.6. The molecule has 1 aromatic rings. The SMILES string of the molecule is O=[N+]([O-])c1ccc2c(c1)OCCCO2. The zero-order valence-corrected chi connectivity index (χ0v) is 7.43. The summed E-state index contributed by atoms with van der Waals surface area (Å²) in [5.41, 5.74) is 0.0225. The highest BCUT2D eigenvalue weighted by atomic mass is 16.6. The summed E-state index contributed by atoms with van der Waals surface area (Å²) in [4.78, 5) is 10.0. The van der Waals surface area contributed by atoms with Crippen molar-refractivity contribution >= 4 is 5.69 Å². The van der Waals surface area contributed by atoms with E-state index in [2.05, 4.69) is 0 Å². The van der Waals surface area contributed by atoms with E-state index < -0.39 is 4.92 Å². The van der Waals surface area contributed by atoms with Crippen molar-refractivity contribution in [2.45, 2.75) is 6.42 Å². The van der Waals surface area contributed by atoms with Gasteiger partial charge in [-0.15, -0.1) is 0 Å². The first-order valence-electron chi connectivity index (χ1n) is 4.31. The molecule has 0 N–H and O–H groups in total. The van der Waals surface area contributed by atoms with Gasteiger partial charge in [-0.25, -0.2) is 0 Å². The van der Waals surface area contributed by atoms with Crippen molar-refractivity contribution < 1.29 is 14.4 Å². The molecule has 2 rings (SSSR count). The second-order valence-corrected chi connectivity index (χ2v) is 2.94. The minimum Gasteiger partial charge on any atom is -0.490 e. The van der Waals surface area contributed by atoms with Gasteiger partial charge in [0.1, 0.15) is 0 Å². The Morgan fingerprint density at radius 2 is 1.93 bits per heavy atom. The quantitative estimate of drug-likeness (QED) is 0.506. The minimum atomic E-state index is -0.450. The third kappa shape index (κ3) is 1.61. The van der Waals surface area contributed by atoms with Gasteiger partial charge in [-0.05, 0) is 6.07 Å². The number of hydrogen-bond donors (Lipinski definition) is 0. The predicted octanol–water partition coefficient (Wildman–Crippen LogP) is 1.76. The third-order valence-electron chi connectivity index (χ3n) is 1.94. The maximum absolute atomic E-state index is 10.5. The lowest BCUT2D eigenvalue weighted by Crippen LogP contribution is -1.97. The summed E-state index contributed by atoms with van der Waals surface area (Å²) >= 11 is 0. The van der Waals surface area contributed by atoms with E-state index in [9.17, 15) is 10.1 Å². The number of nitro groups is 1. The second kappa shape index (κ2) is 3.53. The van der Waals surface area contributed by atoms with Crippen molar-refractivity contribution in [3.8, 4) is 11.5 Å². The van der Waals surface area contributed by atoms with Crippen LogP contribution in [0.3, 0.4) is 0 Å². The van der Waals surface area contributed by atoms with Gasteiger partial charge in [-0.3, -0.25) is 10.1 Å². The molecule has 1 aliphatic heterocycles. The Morgan fingerprint density at radius 3 is 2.64 bits per heavy atom. The molecule has 5 nitrogen and oxygen atoms in total. The first-order chi connectivity index (χ1) is 6.77. The van der Waals surface area contributed by atoms with E-state index in [0.29, 0.717) is 24.7 Å². The fourth-order valence-corrected chi connectivity index (χ4v) is 1.27. The lowest BCUT2D eigenvalue weighted by atomic mass is 10.3. The van der Waals surface area contributed by atoms with Gasteiger partial charge >= 0.3 is 0 Å². The second-order valence-electron chi connectivity index (χ2n) is 2.94. The average molecular weight is 195 g/mol. The molecular weight excluding hydrogens is 186 g/mol. The van der Waals surface area contributed by atoms with Gasteiger partial charge in [0, 0.05) is 12.5 Å². The molecule has 1 heterocycles. The number of nitro benzene ring substituents is 1. The van der Waals surface area contributed by atoms with E-state index in [4.69, 9.17) is 9.47 Å². The molecule has 0 unspecified atom stereocenters. The number of nitrogens with zero attached hydrogens (tertiary/aromatic N) is 1. The lowest BCUT2D eigenvalue weighted by molar-refractivity contribution is -0.384. The van der Waals surface area contributed by atoms with Crippen LogP contribution in [0, 0.1) is 10.1 Å². The van der Waals surface area contributed by atoms with E-state index in [1.54, 1.807) is 6.07 Å². The summed E-state index contributed by atoms with van der Waals surface area (Å²) in [7, 11) is 0. The monoisotopic (exact) mass is 195 g/mol. The first kappa shape index (κ1) is 8.80. The fraction of sp³-hybridized carbons (Fsp3) is 0.333. The molecule has 5 heteroatoms. The smallest absolute Gasteiger partial charge is 0.273 e. The predicted molar refractivity (Wildman–Crippen MR) is 48.7 cm³/mol. The van der Waals surface area contributed by atoms with Crippen molar-refractivity contribution in [1.82, 2.24) is 0 Å². The molecule has 0 amide bonds. The van der Waals surface area contributed by atoms with Crippen LogP contribution in [-0.4, -0.2) is 18.1 Å². The van der Waals surface area contributed by atoms with Gasteiger partial charge in [0.05, 0.1) is 24.2 Å². The summed E-state index contributed by atoms with van der Waals surface area (Å²) < 4.78 is 10.6. The highest BCUT2D eigenvalue weighted by Gasteiger charge is 2.14. The molecule has 0 aromatic heterocycles. The molecule has 0 spiro atoms. The summed E-state index contributed by atoms with van der Waals surface area (Å²) in [5, 5.41) is 10.5.